The first-order valence-corrected chi connectivity index (χ1v) is 9.98. The van der Waals surface area contributed by atoms with Crippen LogP contribution in [0.1, 0.15) is 51.4 Å². The number of rotatable bonds is 9. The average Bonchev–Trinajstić information content (AvgIpc) is 3.06. The fourth-order valence-electron chi connectivity index (χ4n) is 2.61. The summed E-state index contributed by atoms with van der Waals surface area (Å²) >= 11 is -0.426. The van der Waals surface area contributed by atoms with Gasteiger partial charge < -0.3 is 24.8 Å². The van der Waals surface area contributed by atoms with Crippen LogP contribution in [-0.4, -0.2) is 0 Å². The minimum Gasteiger partial charge on any atom is -1.00 e. The van der Waals surface area contributed by atoms with Gasteiger partial charge in [-0.25, -0.2) is 0 Å². The summed E-state index contributed by atoms with van der Waals surface area (Å²) in [5.74, 6) is 0. The molecule has 0 unspecified atom stereocenters. The fraction of sp³-hybridized carbons (Fsp3) is 0.444. The van der Waals surface area contributed by atoms with Gasteiger partial charge in [-0.2, -0.15) is 0 Å². The van der Waals surface area contributed by atoms with Crippen molar-refractivity contribution in [2.45, 2.75) is 51.4 Å². The smallest absolute Gasteiger partial charge is 1.00 e. The summed E-state index contributed by atoms with van der Waals surface area (Å²) in [5, 5.41) is 0. The summed E-state index contributed by atoms with van der Waals surface area (Å²) in [5.41, 5.74) is 1.70. The topological polar surface area (TPSA) is 0 Å². The molecular weight excluding hydrogens is 378 g/mol. The molecule has 0 saturated carbocycles. The molecule has 21 heavy (non-hydrogen) atoms. The van der Waals surface area contributed by atoms with Crippen LogP contribution in [0.25, 0.3) is 0 Å². The Morgan fingerprint density at radius 2 is 1.86 bits per heavy atom. The third kappa shape index (κ3) is 7.82. The summed E-state index contributed by atoms with van der Waals surface area (Å²) in [6, 6.07) is 0. The molecule has 0 aliphatic heterocycles. The van der Waals surface area contributed by atoms with Gasteiger partial charge in [0.1, 0.15) is 0 Å². The van der Waals surface area contributed by atoms with E-state index in [0.717, 1.165) is 0 Å². The van der Waals surface area contributed by atoms with E-state index in [4.69, 9.17) is 0 Å². The van der Waals surface area contributed by atoms with Crippen molar-refractivity contribution < 1.29 is 48.0 Å². The minimum absolute atomic E-state index is 0. The van der Waals surface area contributed by atoms with Crippen LogP contribution in [0.4, 0.5) is 0 Å². The maximum Gasteiger partial charge on any atom is -1.00 e. The van der Waals surface area contributed by atoms with Crippen LogP contribution in [0.15, 0.2) is 55.2 Å². The molecular formula is C18H24Cl2Zr. The molecule has 0 saturated heterocycles. The van der Waals surface area contributed by atoms with Crippen molar-refractivity contribution in [3.8, 4) is 0 Å². The Morgan fingerprint density at radius 1 is 1.05 bits per heavy atom. The van der Waals surface area contributed by atoms with Gasteiger partial charge in [0.15, 0.2) is 0 Å². The molecule has 0 heterocycles. The first-order chi connectivity index (χ1) is 9.40. The molecule has 0 atom stereocenters. The van der Waals surface area contributed by atoms with Crippen LogP contribution >= 0.6 is 0 Å². The second-order valence-electron chi connectivity index (χ2n) is 5.30. The zero-order valence-corrected chi connectivity index (χ0v) is 16.6. The SMILES string of the molecule is C=CCCCCCCC1=[C]([Zr+2][C]2=CC=CC2)CC=C1.[Cl-].[Cl-]. The van der Waals surface area contributed by atoms with Crippen LogP contribution in [0, 0.1) is 0 Å². The monoisotopic (exact) mass is 400 g/mol. The maximum atomic E-state index is 3.78. The molecule has 0 spiro atoms. The second kappa shape index (κ2) is 12.7. The largest absolute Gasteiger partial charge is 1.00 e. The molecule has 3 heteroatoms. The first-order valence-electron chi connectivity index (χ1n) is 7.52. The van der Waals surface area contributed by atoms with E-state index < -0.39 is 23.2 Å². The Morgan fingerprint density at radius 3 is 2.57 bits per heavy atom. The number of allylic oxidation sites excluding steroid dienone is 9. The van der Waals surface area contributed by atoms with Gasteiger partial charge in [0, 0.05) is 0 Å². The molecule has 0 aromatic carbocycles. The molecule has 2 rings (SSSR count). The Kier molecular flexibility index (Phi) is 12.8. The molecule has 0 aromatic rings. The second-order valence-corrected chi connectivity index (χ2v) is 8.98. The number of unbranched alkanes of at least 4 members (excludes halogenated alkanes) is 4. The van der Waals surface area contributed by atoms with Crippen molar-refractivity contribution in [2.24, 2.45) is 0 Å². The molecule has 2 aliphatic rings. The quantitative estimate of drug-likeness (QED) is 0.366. The van der Waals surface area contributed by atoms with Crippen molar-refractivity contribution in [1.82, 2.24) is 0 Å². The molecule has 0 radical (unpaired) electrons. The normalized spacial score (nSPS) is 15.3. The standard InChI is InChI=1S/C13H19.C5H5.2ClH.Zr/c1-2-3-4-5-6-7-10-13-11-8-9-12-13;1-2-4-5-3-1;;;/h2,8,11H,1,3-7,9-10H2;1-3H,4H2;2*1H;/q;;;;+2/p-2. The number of hydrogen-bond donors (Lipinski definition) is 0. The van der Waals surface area contributed by atoms with E-state index in [1.54, 1.807) is 8.85 Å². The van der Waals surface area contributed by atoms with Crippen molar-refractivity contribution in [3.05, 3.63) is 55.2 Å². The Bertz CT molecular complexity index is 430. The maximum absolute atomic E-state index is 3.78. The first kappa shape index (κ1) is 21.2. The third-order valence-corrected chi connectivity index (χ3v) is 7.45. The molecule has 0 bridgehead atoms. The third-order valence-electron chi connectivity index (χ3n) is 3.72. The van der Waals surface area contributed by atoms with E-state index in [-0.39, 0.29) is 24.8 Å². The molecule has 0 N–H and O–H groups in total. The summed E-state index contributed by atoms with van der Waals surface area (Å²) in [4.78, 5) is 0. The van der Waals surface area contributed by atoms with Crippen molar-refractivity contribution in [2.75, 3.05) is 0 Å². The summed E-state index contributed by atoms with van der Waals surface area (Å²) in [6.07, 6.45) is 24.2. The van der Waals surface area contributed by atoms with Gasteiger partial charge in [0.05, 0.1) is 0 Å². The van der Waals surface area contributed by atoms with E-state index in [2.05, 4.69) is 37.0 Å². The molecule has 114 valence electrons. The summed E-state index contributed by atoms with van der Waals surface area (Å²) < 4.78 is 3.59. The molecule has 2 aliphatic carbocycles. The fourth-order valence-corrected chi connectivity index (χ4v) is 5.99. The molecule has 0 fully saturated rings. The molecule has 0 nitrogen and oxygen atoms in total. The van der Waals surface area contributed by atoms with Crippen molar-refractivity contribution in [1.29, 1.82) is 0 Å². The van der Waals surface area contributed by atoms with Crippen LogP contribution < -0.4 is 24.8 Å². The zero-order chi connectivity index (χ0) is 13.3. The summed E-state index contributed by atoms with van der Waals surface area (Å²) in [7, 11) is 0. The van der Waals surface area contributed by atoms with Crippen LogP contribution in [0.2, 0.25) is 0 Å². The van der Waals surface area contributed by atoms with E-state index in [9.17, 15) is 0 Å². The Balaban J connectivity index is 0.00000200. The van der Waals surface area contributed by atoms with Crippen molar-refractivity contribution >= 4 is 0 Å². The molecule has 0 aromatic heterocycles. The summed E-state index contributed by atoms with van der Waals surface area (Å²) in [6.45, 7) is 3.78. The number of hydrogen-bond acceptors (Lipinski definition) is 0. The van der Waals surface area contributed by atoms with Gasteiger partial charge in [-0.3, -0.25) is 0 Å². The van der Waals surface area contributed by atoms with Gasteiger partial charge in [0.25, 0.3) is 0 Å². The van der Waals surface area contributed by atoms with E-state index in [0.29, 0.717) is 0 Å². The van der Waals surface area contributed by atoms with Gasteiger partial charge in [-0.1, -0.05) is 0 Å². The van der Waals surface area contributed by atoms with Crippen LogP contribution in [0.5, 0.6) is 0 Å². The van der Waals surface area contributed by atoms with Crippen LogP contribution in [0.3, 0.4) is 0 Å². The van der Waals surface area contributed by atoms with Gasteiger partial charge in [-0.05, 0) is 0 Å². The van der Waals surface area contributed by atoms with Crippen molar-refractivity contribution in [3.63, 3.8) is 0 Å². The predicted octanol–water partition coefficient (Wildman–Crippen LogP) is -0.339. The van der Waals surface area contributed by atoms with Gasteiger partial charge in [-0.15, -0.1) is 0 Å². The average molecular weight is 403 g/mol. The van der Waals surface area contributed by atoms with Crippen LogP contribution in [-0.2, 0) is 23.2 Å². The van der Waals surface area contributed by atoms with E-state index in [1.807, 2.05) is 9.36 Å². The van der Waals surface area contributed by atoms with Gasteiger partial charge in [0.2, 0.25) is 0 Å². The van der Waals surface area contributed by atoms with Gasteiger partial charge >= 0.3 is 130 Å². The van der Waals surface area contributed by atoms with E-state index >= 15 is 0 Å². The van der Waals surface area contributed by atoms with E-state index in [1.165, 1.54) is 51.4 Å². The zero-order valence-electron chi connectivity index (χ0n) is 12.6. The minimum atomic E-state index is -0.426. The Hall–Kier alpha value is 0.163. The number of halogens is 2. The Labute approximate surface area is 153 Å². The molecule has 0 amide bonds. The predicted molar refractivity (Wildman–Crippen MR) is 80.5 cm³/mol.